The second kappa shape index (κ2) is 9.49. The van der Waals surface area contributed by atoms with E-state index in [9.17, 15) is 5.11 Å². The van der Waals surface area contributed by atoms with Crippen LogP contribution in [0.4, 0.5) is 0 Å². The molecule has 0 spiro atoms. The molecular weight excluding hydrogens is 306 g/mol. The van der Waals surface area contributed by atoms with Gasteiger partial charge in [-0.2, -0.15) is 0 Å². The van der Waals surface area contributed by atoms with E-state index in [2.05, 4.69) is 22.1 Å². The van der Waals surface area contributed by atoms with Crippen molar-refractivity contribution in [2.75, 3.05) is 47.0 Å². The third-order valence-electron chi connectivity index (χ3n) is 4.24. The number of ether oxygens (including phenoxy) is 2. The number of aliphatic hydroxyl groups is 1. The SMILES string of the molecule is CCNC(=NCC(O)c1ccc(OC)cc1)N1CCC(COC)C1. The van der Waals surface area contributed by atoms with Gasteiger partial charge in [-0.3, -0.25) is 4.99 Å². The van der Waals surface area contributed by atoms with Crippen LogP contribution in [0.1, 0.15) is 25.0 Å². The number of benzene rings is 1. The Hall–Kier alpha value is -1.79. The first-order valence-corrected chi connectivity index (χ1v) is 8.52. The Balaban J connectivity index is 1.96. The number of hydrogen-bond donors (Lipinski definition) is 2. The summed E-state index contributed by atoms with van der Waals surface area (Å²) in [5, 5.41) is 13.7. The number of nitrogens with zero attached hydrogens (tertiary/aromatic N) is 2. The van der Waals surface area contributed by atoms with Gasteiger partial charge < -0.3 is 24.8 Å². The number of rotatable bonds is 7. The molecule has 1 aliphatic heterocycles. The average molecular weight is 335 g/mol. The lowest BCUT2D eigenvalue weighted by atomic mass is 10.1. The van der Waals surface area contributed by atoms with Crippen molar-refractivity contribution in [2.24, 2.45) is 10.9 Å². The van der Waals surface area contributed by atoms with Gasteiger partial charge >= 0.3 is 0 Å². The highest BCUT2D eigenvalue weighted by molar-refractivity contribution is 5.80. The highest BCUT2D eigenvalue weighted by Crippen LogP contribution is 2.19. The molecule has 0 amide bonds. The Morgan fingerprint density at radius 3 is 2.75 bits per heavy atom. The van der Waals surface area contributed by atoms with E-state index < -0.39 is 6.10 Å². The molecule has 2 rings (SSSR count). The van der Waals surface area contributed by atoms with Crippen LogP contribution in [0.5, 0.6) is 5.75 Å². The van der Waals surface area contributed by atoms with E-state index >= 15 is 0 Å². The lowest BCUT2D eigenvalue weighted by Crippen LogP contribution is -2.40. The zero-order valence-corrected chi connectivity index (χ0v) is 14.9. The van der Waals surface area contributed by atoms with Crippen molar-refractivity contribution in [3.63, 3.8) is 0 Å². The first kappa shape index (κ1) is 18.5. The van der Waals surface area contributed by atoms with Crippen LogP contribution in [-0.2, 0) is 4.74 Å². The number of methoxy groups -OCH3 is 2. The highest BCUT2D eigenvalue weighted by atomic mass is 16.5. The zero-order valence-electron chi connectivity index (χ0n) is 14.9. The summed E-state index contributed by atoms with van der Waals surface area (Å²) < 4.78 is 10.4. The van der Waals surface area contributed by atoms with Crippen molar-refractivity contribution in [3.8, 4) is 5.75 Å². The van der Waals surface area contributed by atoms with Crippen LogP contribution in [-0.4, -0.2) is 63.0 Å². The maximum Gasteiger partial charge on any atom is 0.194 e. The minimum absolute atomic E-state index is 0.333. The first-order valence-electron chi connectivity index (χ1n) is 8.52. The molecule has 1 heterocycles. The summed E-state index contributed by atoms with van der Waals surface area (Å²) in [6, 6.07) is 7.44. The maximum atomic E-state index is 10.4. The summed E-state index contributed by atoms with van der Waals surface area (Å²) in [6.07, 6.45) is 0.487. The van der Waals surface area contributed by atoms with Gasteiger partial charge in [-0.15, -0.1) is 0 Å². The van der Waals surface area contributed by atoms with E-state index in [0.29, 0.717) is 12.5 Å². The smallest absolute Gasteiger partial charge is 0.194 e. The molecular formula is C18H29N3O3. The molecule has 6 heteroatoms. The Bertz CT molecular complexity index is 519. The summed E-state index contributed by atoms with van der Waals surface area (Å²) >= 11 is 0. The maximum absolute atomic E-state index is 10.4. The predicted molar refractivity (Wildman–Crippen MR) is 95.5 cm³/mol. The van der Waals surface area contributed by atoms with E-state index in [-0.39, 0.29) is 0 Å². The Morgan fingerprint density at radius 2 is 2.12 bits per heavy atom. The first-order chi connectivity index (χ1) is 11.7. The number of hydrogen-bond acceptors (Lipinski definition) is 4. The van der Waals surface area contributed by atoms with Gasteiger partial charge in [0.25, 0.3) is 0 Å². The summed E-state index contributed by atoms with van der Waals surface area (Å²) in [5.74, 6) is 2.19. The van der Waals surface area contributed by atoms with Gasteiger partial charge in [0.15, 0.2) is 5.96 Å². The second-order valence-electron chi connectivity index (χ2n) is 6.04. The van der Waals surface area contributed by atoms with Crippen LogP contribution in [0.15, 0.2) is 29.3 Å². The van der Waals surface area contributed by atoms with Crippen LogP contribution in [0.3, 0.4) is 0 Å². The van der Waals surface area contributed by atoms with E-state index in [0.717, 1.165) is 49.9 Å². The Labute approximate surface area is 144 Å². The number of aliphatic imine (C=N–C) groups is 1. The third-order valence-corrected chi connectivity index (χ3v) is 4.24. The summed E-state index contributed by atoms with van der Waals surface area (Å²) in [6.45, 7) is 5.89. The Kier molecular flexibility index (Phi) is 7.34. The molecule has 1 aromatic rings. The molecule has 2 atom stereocenters. The minimum atomic E-state index is -0.623. The van der Waals surface area contributed by atoms with Gasteiger partial charge in [-0.05, 0) is 31.0 Å². The number of nitrogens with one attached hydrogen (secondary N) is 1. The van der Waals surface area contributed by atoms with Crippen LogP contribution in [0, 0.1) is 5.92 Å². The number of guanidine groups is 1. The fraction of sp³-hybridized carbons (Fsp3) is 0.611. The summed E-state index contributed by atoms with van der Waals surface area (Å²) in [5.41, 5.74) is 0.842. The Morgan fingerprint density at radius 1 is 1.38 bits per heavy atom. The van der Waals surface area contributed by atoms with Gasteiger partial charge in [0.05, 0.1) is 26.4 Å². The van der Waals surface area contributed by atoms with Gasteiger partial charge in [-0.1, -0.05) is 12.1 Å². The number of likely N-dealkylation sites (tertiary alicyclic amines) is 1. The number of aliphatic hydroxyl groups excluding tert-OH is 1. The van der Waals surface area contributed by atoms with Crippen LogP contribution < -0.4 is 10.1 Å². The van der Waals surface area contributed by atoms with Crippen molar-refractivity contribution in [1.29, 1.82) is 0 Å². The monoisotopic (exact) mass is 335 g/mol. The molecule has 1 aromatic carbocycles. The van der Waals surface area contributed by atoms with Crippen molar-refractivity contribution in [2.45, 2.75) is 19.4 Å². The van der Waals surface area contributed by atoms with Crippen molar-refractivity contribution < 1.29 is 14.6 Å². The van der Waals surface area contributed by atoms with E-state index in [1.807, 2.05) is 24.3 Å². The molecule has 0 saturated carbocycles. The third kappa shape index (κ3) is 5.11. The zero-order chi connectivity index (χ0) is 17.4. The molecule has 1 saturated heterocycles. The van der Waals surface area contributed by atoms with Crippen molar-refractivity contribution in [1.82, 2.24) is 10.2 Å². The average Bonchev–Trinajstić information content (AvgIpc) is 3.07. The van der Waals surface area contributed by atoms with Crippen LogP contribution >= 0.6 is 0 Å². The van der Waals surface area contributed by atoms with E-state index in [1.165, 1.54) is 0 Å². The van der Waals surface area contributed by atoms with Gasteiger partial charge in [0.2, 0.25) is 0 Å². The lowest BCUT2D eigenvalue weighted by Gasteiger charge is -2.22. The summed E-state index contributed by atoms with van der Waals surface area (Å²) in [7, 11) is 3.37. The highest BCUT2D eigenvalue weighted by Gasteiger charge is 2.24. The van der Waals surface area contributed by atoms with Crippen molar-refractivity contribution >= 4 is 5.96 Å². The molecule has 0 aromatic heterocycles. The molecule has 2 unspecified atom stereocenters. The molecule has 0 bridgehead atoms. The topological polar surface area (TPSA) is 66.3 Å². The van der Waals surface area contributed by atoms with Gasteiger partial charge in [-0.25, -0.2) is 0 Å². The second-order valence-corrected chi connectivity index (χ2v) is 6.04. The lowest BCUT2D eigenvalue weighted by molar-refractivity contribution is 0.157. The van der Waals surface area contributed by atoms with Crippen molar-refractivity contribution in [3.05, 3.63) is 29.8 Å². The fourth-order valence-electron chi connectivity index (χ4n) is 2.93. The normalized spacial score (nSPS) is 19.4. The molecule has 6 nitrogen and oxygen atoms in total. The molecule has 24 heavy (non-hydrogen) atoms. The summed E-state index contributed by atoms with van der Waals surface area (Å²) in [4.78, 5) is 6.86. The van der Waals surface area contributed by atoms with E-state index in [1.54, 1.807) is 14.2 Å². The quantitative estimate of drug-likeness (QED) is 0.586. The van der Waals surface area contributed by atoms with Gasteiger partial charge in [0.1, 0.15) is 5.75 Å². The van der Waals surface area contributed by atoms with E-state index in [4.69, 9.17) is 9.47 Å². The minimum Gasteiger partial charge on any atom is -0.497 e. The van der Waals surface area contributed by atoms with Crippen LogP contribution in [0.2, 0.25) is 0 Å². The largest absolute Gasteiger partial charge is 0.497 e. The molecule has 134 valence electrons. The fourth-order valence-corrected chi connectivity index (χ4v) is 2.93. The molecule has 2 N–H and O–H groups in total. The molecule has 0 aliphatic carbocycles. The molecule has 0 radical (unpaired) electrons. The molecule has 1 fully saturated rings. The van der Waals surface area contributed by atoms with Gasteiger partial charge in [0, 0.05) is 32.7 Å². The van der Waals surface area contributed by atoms with Crippen LogP contribution in [0.25, 0.3) is 0 Å². The predicted octanol–water partition coefficient (Wildman–Crippen LogP) is 1.66. The molecule has 1 aliphatic rings. The standard InChI is InChI=1S/C18H29N3O3/c1-4-19-18(21-10-9-14(12-21)13-23-2)20-11-17(22)15-5-7-16(24-3)8-6-15/h5-8,14,17,22H,4,9-13H2,1-3H3,(H,19,20).